The zero-order valence-electron chi connectivity index (χ0n) is 3.53. The highest BCUT2D eigenvalue weighted by molar-refractivity contribution is 6.59. The Labute approximate surface area is 43.1 Å². The molecular weight excluding hydrogens is 94.4 g/mol. The van der Waals surface area contributed by atoms with Crippen molar-refractivity contribution >= 4 is 22.6 Å². The Kier molecular flexibility index (Phi) is 1.75. The second kappa shape index (κ2) is 2.37. The fourth-order valence-corrected chi connectivity index (χ4v) is 0.228. The molecule has 0 unspecified atom stereocenters. The summed E-state index contributed by atoms with van der Waals surface area (Å²) in [7, 11) is 1.51. The average molecular weight is 96.5 g/mol. The summed E-state index contributed by atoms with van der Waals surface area (Å²) in [6, 6.07) is 0. The molecule has 2 N–H and O–H groups in total. The summed E-state index contributed by atoms with van der Waals surface area (Å²) in [6.45, 7) is 0. The molecule has 7 heavy (non-hydrogen) atoms. The van der Waals surface area contributed by atoms with Crippen LogP contribution in [0.1, 0.15) is 0 Å². The molecule has 0 amide bonds. The monoisotopic (exact) mass is 97.0 g/mol. The van der Waals surface area contributed by atoms with Crippen LogP contribution in [-0.2, 0) is 13.7 Å². The van der Waals surface area contributed by atoms with Crippen molar-refractivity contribution in [1.82, 2.24) is 0 Å². The van der Waals surface area contributed by atoms with Crippen molar-refractivity contribution in [2.45, 2.75) is 0 Å². The van der Waals surface area contributed by atoms with E-state index in [1.165, 1.54) is 0 Å². The van der Waals surface area contributed by atoms with Crippen LogP contribution in [0.3, 0.4) is 0 Å². The molecule has 1 aliphatic rings. The summed E-state index contributed by atoms with van der Waals surface area (Å²) in [4.78, 5) is 0. The van der Waals surface area contributed by atoms with Gasteiger partial charge >= 0.3 is 22.6 Å². The fourth-order valence-electron chi connectivity index (χ4n) is 0.228. The summed E-state index contributed by atoms with van der Waals surface area (Å²) < 4.78 is 13.3. The molecule has 0 saturated carbocycles. The van der Waals surface area contributed by atoms with Crippen molar-refractivity contribution in [2.75, 3.05) is 0 Å². The first kappa shape index (κ1) is 5.18. The summed E-state index contributed by atoms with van der Waals surface area (Å²) in [5.41, 5.74) is 5.05. The van der Waals surface area contributed by atoms with Crippen molar-refractivity contribution in [3.8, 4) is 0 Å². The molecule has 0 aromatic heterocycles. The molecule has 7 heteroatoms. The molecule has 1 saturated heterocycles. The lowest BCUT2D eigenvalue weighted by Gasteiger charge is -2.12. The highest BCUT2D eigenvalue weighted by atomic mass is 16.7. The summed E-state index contributed by atoms with van der Waals surface area (Å²) in [5, 5.41) is 0. The fraction of sp³-hybridized carbons (Fsp3) is 0. The molecule has 1 aliphatic heterocycles. The summed E-state index contributed by atoms with van der Waals surface area (Å²) in [5.74, 6) is 0. The van der Waals surface area contributed by atoms with Gasteiger partial charge in [0, 0.05) is 0 Å². The zero-order chi connectivity index (χ0) is 5.11. The van der Waals surface area contributed by atoms with Gasteiger partial charge in [-0.2, -0.15) is 0 Å². The smallest absolute Gasteiger partial charge is 0.457 e. The van der Waals surface area contributed by atoms with E-state index in [1.54, 1.807) is 0 Å². The lowest BCUT2D eigenvalue weighted by molar-refractivity contribution is 0.324. The van der Waals surface area contributed by atoms with Crippen molar-refractivity contribution in [1.29, 1.82) is 0 Å². The Morgan fingerprint density at radius 2 is 1.86 bits per heavy atom. The van der Waals surface area contributed by atoms with Crippen LogP contribution in [-0.4, -0.2) is 22.6 Å². The second-order valence-corrected chi connectivity index (χ2v) is 0.969. The van der Waals surface area contributed by atoms with Crippen LogP contribution >= 0.6 is 0 Å². The molecule has 4 nitrogen and oxygen atoms in total. The Balaban J connectivity index is 2.12. The molecule has 0 aromatic rings. The number of nitrogens with two attached hydrogens (primary N) is 1. The SMILES string of the molecule is NB1O[B]O[B]O1. The highest BCUT2D eigenvalue weighted by Crippen LogP contribution is 1.85. The van der Waals surface area contributed by atoms with E-state index in [0.29, 0.717) is 0 Å². The first-order valence-corrected chi connectivity index (χ1v) is 1.75. The molecule has 0 bridgehead atoms. The highest BCUT2D eigenvalue weighted by Gasteiger charge is 2.19. The van der Waals surface area contributed by atoms with E-state index < -0.39 is 7.25 Å². The third kappa shape index (κ3) is 1.52. The minimum absolute atomic E-state index is 0.700. The minimum atomic E-state index is -0.700. The predicted octanol–water partition coefficient (Wildman–Crippen LogP) is -1.94. The molecule has 34 valence electrons. The van der Waals surface area contributed by atoms with Gasteiger partial charge in [0.2, 0.25) is 0 Å². The van der Waals surface area contributed by atoms with Crippen molar-refractivity contribution in [3.05, 3.63) is 0 Å². The van der Waals surface area contributed by atoms with Gasteiger partial charge in [0.05, 0.1) is 0 Å². The van der Waals surface area contributed by atoms with E-state index >= 15 is 0 Å². The topological polar surface area (TPSA) is 53.7 Å². The Hall–Kier alpha value is 0.0348. The average Bonchev–Trinajstić information content (AvgIpc) is 1.69. The van der Waals surface area contributed by atoms with Gasteiger partial charge in [-0.1, -0.05) is 0 Å². The molecule has 1 fully saturated rings. The maximum absolute atomic E-state index is 5.05. The van der Waals surface area contributed by atoms with E-state index in [2.05, 4.69) is 13.7 Å². The molecule has 0 aliphatic carbocycles. The van der Waals surface area contributed by atoms with Gasteiger partial charge in [-0.3, -0.25) is 0 Å². The van der Waals surface area contributed by atoms with Gasteiger partial charge in [0.15, 0.2) is 0 Å². The molecule has 1 rings (SSSR count). The van der Waals surface area contributed by atoms with Crippen LogP contribution in [0, 0.1) is 0 Å². The standard InChI is InChI=1S/B3H2NO3/c4-3-6-1-5-2-7-3/h4H2. The number of hydrogen-bond acceptors (Lipinski definition) is 4. The number of hydrogen-bond donors (Lipinski definition) is 1. The maximum Gasteiger partial charge on any atom is 0.523 e. The Morgan fingerprint density at radius 3 is 2.14 bits per heavy atom. The van der Waals surface area contributed by atoms with Crippen molar-refractivity contribution in [2.24, 2.45) is 5.64 Å². The molecule has 0 spiro atoms. The van der Waals surface area contributed by atoms with Crippen molar-refractivity contribution in [3.63, 3.8) is 0 Å². The Bertz CT molecular complexity index is 52.1. The quantitative estimate of drug-likeness (QED) is 0.357. The molecule has 2 radical (unpaired) electrons. The lowest BCUT2D eigenvalue weighted by Crippen LogP contribution is -2.42. The Morgan fingerprint density at radius 1 is 1.29 bits per heavy atom. The van der Waals surface area contributed by atoms with Crippen LogP contribution in [0.25, 0.3) is 0 Å². The van der Waals surface area contributed by atoms with Gasteiger partial charge in [-0.25, -0.2) is 0 Å². The maximum atomic E-state index is 5.05. The van der Waals surface area contributed by atoms with E-state index in [1.807, 2.05) is 0 Å². The van der Waals surface area contributed by atoms with Gasteiger partial charge < -0.3 is 19.4 Å². The van der Waals surface area contributed by atoms with E-state index in [9.17, 15) is 0 Å². The third-order valence-corrected chi connectivity index (χ3v) is 0.490. The van der Waals surface area contributed by atoms with Gasteiger partial charge in [0.1, 0.15) is 0 Å². The van der Waals surface area contributed by atoms with E-state index in [0.717, 1.165) is 15.4 Å². The molecule has 1 heterocycles. The minimum Gasteiger partial charge on any atom is -0.457 e. The first-order valence-electron chi connectivity index (χ1n) is 1.75. The van der Waals surface area contributed by atoms with Crippen LogP contribution < -0.4 is 5.64 Å². The molecule has 0 atom stereocenters. The third-order valence-electron chi connectivity index (χ3n) is 0.490. The predicted molar refractivity (Wildman–Crippen MR) is 24.7 cm³/mol. The van der Waals surface area contributed by atoms with Crippen LogP contribution in [0.2, 0.25) is 0 Å². The van der Waals surface area contributed by atoms with Gasteiger partial charge in [-0.15, -0.1) is 0 Å². The lowest BCUT2D eigenvalue weighted by atomic mass is 10.0. The van der Waals surface area contributed by atoms with Crippen molar-refractivity contribution < 1.29 is 13.7 Å². The van der Waals surface area contributed by atoms with Crippen LogP contribution in [0.5, 0.6) is 0 Å². The zero-order valence-corrected chi connectivity index (χ0v) is 3.53. The van der Waals surface area contributed by atoms with Gasteiger partial charge in [0.25, 0.3) is 0 Å². The number of rotatable bonds is 0. The van der Waals surface area contributed by atoms with Gasteiger partial charge in [-0.05, 0) is 0 Å². The van der Waals surface area contributed by atoms with E-state index in [-0.39, 0.29) is 0 Å². The molecular formula is H2B3NO3. The van der Waals surface area contributed by atoms with E-state index in [4.69, 9.17) is 5.64 Å². The second-order valence-electron chi connectivity index (χ2n) is 0.969. The normalized spacial score (nSPS) is 20.4. The summed E-state index contributed by atoms with van der Waals surface area (Å²) in [6.07, 6.45) is 0. The van der Waals surface area contributed by atoms with Crippen LogP contribution in [0.15, 0.2) is 0 Å². The van der Waals surface area contributed by atoms with Crippen LogP contribution in [0.4, 0.5) is 0 Å². The summed E-state index contributed by atoms with van der Waals surface area (Å²) >= 11 is 0. The molecule has 0 aromatic carbocycles. The first-order chi connectivity index (χ1) is 3.39. The largest absolute Gasteiger partial charge is 0.523 e.